The zero-order valence-corrected chi connectivity index (χ0v) is 19.6. The van der Waals surface area contributed by atoms with Crippen LogP contribution in [0.2, 0.25) is 0 Å². The second-order valence-corrected chi connectivity index (χ2v) is 7.35. The van der Waals surface area contributed by atoms with Gasteiger partial charge >= 0.3 is 11.9 Å². The van der Waals surface area contributed by atoms with Crippen LogP contribution in [0, 0.1) is 47.4 Å². The minimum Gasteiger partial charge on any atom is -0.416 e. The Kier molecular flexibility index (Phi) is 7.34. The van der Waals surface area contributed by atoms with Crippen LogP contribution >= 0.6 is 0 Å². The monoisotopic (exact) mass is 466 g/mol. The molecule has 0 aliphatic heterocycles. The lowest BCUT2D eigenvalue weighted by Gasteiger charge is -2.07. The van der Waals surface area contributed by atoms with E-state index in [0.717, 1.165) is 21.5 Å². The first-order chi connectivity index (χ1) is 17.6. The van der Waals surface area contributed by atoms with Gasteiger partial charge in [0, 0.05) is 22.6 Å². The van der Waals surface area contributed by atoms with E-state index in [9.17, 15) is 9.59 Å². The van der Waals surface area contributed by atoms with Crippen molar-refractivity contribution in [1.29, 1.82) is 0 Å². The van der Waals surface area contributed by atoms with Crippen molar-refractivity contribution < 1.29 is 19.1 Å². The second-order valence-electron chi connectivity index (χ2n) is 7.35. The molecule has 0 spiro atoms. The quantitative estimate of drug-likeness (QED) is 0.175. The molecule has 0 heterocycles. The molecule has 170 valence electrons. The van der Waals surface area contributed by atoms with Crippen molar-refractivity contribution in [3.05, 3.63) is 83.9 Å². The summed E-state index contributed by atoms with van der Waals surface area (Å²) in [6, 6.07) is 22.4. The molecular formula is C32H18O4. The number of esters is 2. The molecule has 0 saturated carbocycles. The maximum absolute atomic E-state index is 12.0. The smallest absolute Gasteiger partial charge is 0.389 e. The van der Waals surface area contributed by atoms with Gasteiger partial charge in [0.15, 0.2) is 0 Å². The largest absolute Gasteiger partial charge is 0.416 e. The van der Waals surface area contributed by atoms with Crippen LogP contribution in [0.3, 0.4) is 0 Å². The van der Waals surface area contributed by atoms with Gasteiger partial charge in [0.1, 0.15) is 11.5 Å². The highest BCUT2D eigenvalue weighted by molar-refractivity contribution is 5.95. The lowest BCUT2D eigenvalue weighted by Crippen LogP contribution is -2.06. The summed E-state index contributed by atoms with van der Waals surface area (Å²) in [4.78, 5) is 24.0. The normalized spacial score (nSPS) is 9.28. The number of fused-ring (bicyclic) bond motifs is 2. The zero-order chi connectivity index (χ0) is 25.3. The van der Waals surface area contributed by atoms with Crippen molar-refractivity contribution in [2.45, 2.75) is 13.8 Å². The third-order valence-corrected chi connectivity index (χ3v) is 5.08. The number of carbonyl (C=O) groups is 2. The molecule has 0 fully saturated rings. The number of hydrogen-bond acceptors (Lipinski definition) is 4. The van der Waals surface area contributed by atoms with Gasteiger partial charge < -0.3 is 9.47 Å². The molecular weight excluding hydrogens is 448 g/mol. The molecule has 0 aliphatic carbocycles. The summed E-state index contributed by atoms with van der Waals surface area (Å²) in [7, 11) is 0. The number of rotatable bonds is 2. The maximum atomic E-state index is 12.0. The molecule has 4 rings (SSSR count). The maximum Gasteiger partial charge on any atom is 0.389 e. The molecule has 36 heavy (non-hydrogen) atoms. The van der Waals surface area contributed by atoms with E-state index in [1.54, 1.807) is 26.0 Å². The molecule has 0 radical (unpaired) electrons. The molecule has 0 aromatic heterocycles. The first kappa shape index (κ1) is 23.7. The number of carbonyl (C=O) groups excluding carboxylic acids is 2. The Bertz CT molecular complexity index is 1630. The standard InChI is InChI=1S/C32H18O4/c1-3-11-31(33)35-29-21-19-23-13-5-7-15-25(23)27(29)17-9-10-18-28-26-16-8-6-14-24(26)20-22-30(28)36-32(34)12-4-2/h5-8,13-16,19-22H,1-2H3. The van der Waals surface area contributed by atoms with Gasteiger partial charge in [-0.2, -0.15) is 0 Å². The summed E-state index contributed by atoms with van der Waals surface area (Å²) in [5.74, 6) is 20.8. The number of benzene rings is 4. The van der Waals surface area contributed by atoms with Gasteiger partial charge in [-0.3, -0.25) is 0 Å². The Morgan fingerprint density at radius 1 is 0.583 bits per heavy atom. The Morgan fingerprint density at radius 3 is 1.42 bits per heavy atom. The third kappa shape index (κ3) is 5.38. The van der Waals surface area contributed by atoms with Gasteiger partial charge in [0.25, 0.3) is 0 Å². The van der Waals surface area contributed by atoms with E-state index in [1.165, 1.54) is 0 Å². The van der Waals surface area contributed by atoms with E-state index in [1.807, 2.05) is 60.7 Å². The molecule has 4 nitrogen and oxygen atoms in total. The van der Waals surface area contributed by atoms with E-state index in [4.69, 9.17) is 9.47 Å². The zero-order valence-electron chi connectivity index (χ0n) is 19.6. The van der Waals surface area contributed by atoms with E-state index in [0.29, 0.717) is 22.6 Å². The molecule has 0 unspecified atom stereocenters. The average Bonchev–Trinajstić information content (AvgIpc) is 2.88. The predicted molar refractivity (Wildman–Crippen MR) is 140 cm³/mol. The summed E-state index contributed by atoms with van der Waals surface area (Å²) >= 11 is 0. The lowest BCUT2D eigenvalue weighted by atomic mass is 10.0. The minimum atomic E-state index is -0.667. The Labute approximate surface area is 209 Å². The fourth-order valence-electron chi connectivity index (χ4n) is 3.57. The number of ether oxygens (including phenoxy) is 2. The lowest BCUT2D eigenvalue weighted by molar-refractivity contribution is -0.128. The summed E-state index contributed by atoms with van der Waals surface area (Å²) < 4.78 is 10.8. The Morgan fingerprint density at radius 2 is 1.00 bits per heavy atom. The summed E-state index contributed by atoms with van der Waals surface area (Å²) in [6.07, 6.45) is 0. The van der Waals surface area contributed by atoms with Crippen LogP contribution in [-0.2, 0) is 9.59 Å². The Hall–Kier alpha value is -5.42. The van der Waals surface area contributed by atoms with Crippen LogP contribution in [-0.4, -0.2) is 11.9 Å². The summed E-state index contributed by atoms with van der Waals surface area (Å²) in [6.45, 7) is 3.12. The van der Waals surface area contributed by atoms with Crippen LogP contribution in [0.4, 0.5) is 0 Å². The third-order valence-electron chi connectivity index (χ3n) is 5.08. The fraction of sp³-hybridized carbons (Fsp3) is 0.0625. The molecule has 0 aliphatic rings. The van der Waals surface area contributed by atoms with Crippen molar-refractivity contribution in [3.63, 3.8) is 0 Å². The van der Waals surface area contributed by atoms with Crippen molar-refractivity contribution in [3.8, 4) is 58.9 Å². The Balaban J connectivity index is 1.80. The molecule has 4 aromatic rings. The van der Waals surface area contributed by atoms with E-state index in [2.05, 4.69) is 47.4 Å². The van der Waals surface area contributed by atoms with Gasteiger partial charge in [-0.05, 0) is 60.4 Å². The molecule has 0 amide bonds. The van der Waals surface area contributed by atoms with E-state index in [-0.39, 0.29) is 0 Å². The molecule has 4 aromatic carbocycles. The first-order valence-corrected chi connectivity index (χ1v) is 11.0. The van der Waals surface area contributed by atoms with Crippen LogP contribution in [0.15, 0.2) is 72.8 Å². The molecule has 0 bridgehead atoms. The van der Waals surface area contributed by atoms with E-state index >= 15 is 0 Å². The highest BCUT2D eigenvalue weighted by atomic mass is 16.5. The van der Waals surface area contributed by atoms with Crippen molar-refractivity contribution in [1.82, 2.24) is 0 Å². The average molecular weight is 466 g/mol. The molecule has 0 N–H and O–H groups in total. The molecule has 0 saturated heterocycles. The highest BCUT2D eigenvalue weighted by Gasteiger charge is 2.11. The summed E-state index contributed by atoms with van der Waals surface area (Å²) in [5.41, 5.74) is 1.05. The first-order valence-electron chi connectivity index (χ1n) is 11.0. The topological polar surface area (TPSA) is 52.6 Å². The fourth-order valence-corrected chi connectivity index (χ4v) is 3.57. The van der Waals surface area contributed by atoms with Gasteiger partial charge in [-0.1, -0.05) is 72.5 Å². The van der Waals surface area contributed by atoms with Crippen LogP contribution in [0.1, 0.15) is 25.0 Å². The van der Waals surface area contributed by atoms with Gasteiger partial charge in [0.2, 0.25) is 0 Å². The van der Waals surface area contributed by atoms with Crippen molar-refractivity contribution in [2.24, 2.45) is 0 Å². The van der Waals surface area contributed by atoms with Gasteiger partial charge in [-0.25, -0.2) is 9.59 Å². The SMILES string of the molecule is CC#CC(=O)Oc1ccc2ccccc2c1C#CC#Cc1c(OC(=O)C#CC)ccc2ccccc12. The van der Waals surface area contributed by atoms with Crippen LogP contribution < -0.4 is 9.47 Å². The van der Waals surface area contributed by atoms with Gasteiger partial charge in [0.05, 0.1) is 11.1 Å². The molecule has 0 atom stereocenters. The molecule has 4 heteroatoms. The second kappa shape index (κ2) is 11.1. The van der Waals surface area contributed by atoms with Crippen molar-refractivity contribution >= 4 is 33.5 Å². The van der Waals surface area contributed by atoms with Gasteiger partial charge in [-0.15, -0.1) is 0 Å². The van der Waals surface area contributed by atoms with Crippen LogP contribution in [0.5, 0.6) is 11.5 Å². The highest BCUT2D eigenvalue weighted by Crippen LogP contribution is 2.28. The summed E-state index contributed by atoms with van der Waals surface area (Å²) in [5, 5.41) is 3.52. The van der Waals surface area contributed by atoms with Crippen molar-refractivity contribution in [2.75, 3.05) is 0 Å². The predicted octanol–water partition coefficient (Wildman–Crippen LogP) is 5.25. The van der Waals surface area contributed by atoms with E-state index < -0.39 is 11.9 Å². The number of hydrogen-bond donors (Lipinski definition) is 0. The minimum absolute atomic E-state index is 0.300. The van der Waals surface area contributed by atoms with Crippen LogP contribution in [0.25, 0.3) is 21.5 Å².